The van der Waals surface area contributed by atoms with E-state index in [2.05, 4.69) is 4.90 Å². The molecule has 1 fully saturated rings. The highest BCUT2D eigenvalue weighted by molar-refractivity contribution is 5.85. The smallest absolute Gasteiger partial charge is 0.274 e. The Morgan fingerprint density at radius 2 is 2.26 bits per heavy atom. The summed E-state index contributed by atoms with van der Waals surface area (Å²) < 4.78 is 13.2. The Balaban J connectivity index is 0.00000180. The number of nitro benzene ring substituents is 1. The van der Waals surface area contributed by atoms with Crippen LogP contribution >= 0.6 is 12.4 Å². The minimum absolute atomic E-state index is 0. The number of benzene rings is 1. The monoisotopic (exact) mass is 289 g/mol. The van der Waals surface area contributed by atoms with E-state index in [0.717, 1.165) is 25.5 Å². The van der Waals surface area contributed by atoms with Crippen LogP contribution in [0.25, 0.3) is 0 Å². The van der Waals surface area contributed by atoms with E-state index in [-0.39, 0.29) is 24.1 Å². The fraction of sp³-hybridized carbons (Fsp3) is 0.500. The minimum Gasteiger partial charge on any atom is -0.329 e. The maximum atomic E-state index is 13.2. The van der Waals surface area contributed by atoms with Crippen LogP contribution in [0.3, 0.4) is 0 Å². The van der Waals surface area contributed by atoms with Crippen molar-refractivity contribution in [1.82, 2.24) is 4.90 Å². The number of rotatable bonds is 4. The van der Waals surface area contributed by atoms with Gasteiger partial charge in [-0.05, 0) is 31.5 Å². The van der Waals surface area contributed by atoms with Crippen molar-refractivity contribution in [3.8, 4) is 0 Å². The van der Waals surface area contributed by atoms with Gasteiger partial charge in [-0.2, -0.15) is 0 Å². The third-order valence-electron chi connectivity index (χ3n) is 3.38. The van der Waals surface area contributed by atoms with E-state index in [1.165, 1.54) is 12.1 Å². The molecule has 7 heteroatoms. The fourth-order valence-electron chi connectivity index (χ4n) is 2.45. The number of halogens is 2. The molecule has 0 spiro atoms. The van der Waals surface area contributed by atoms with E-state index in [0.29, 0.717) is 18.7 Å². The molecule has 0 aromatic heterocycles. The summed E-state index contributed by atoms with van der Waals surface area (Å²) in [5.41, 5.74) is 6.04. The average molecular weight is 290 g/mol. The van der Waals surface area contributed by atoms with E-state index in [1.807, 2.05) is 0 Å². The second-order valence-electron chi connectivity index (χ2n) is 4.53. The molecule has 5 nitrogen and oxygen atoms in total. The van der Waals surface area contributed by atoms with Crippen molar-refractivity contribution in [3.63, 3.8) is 0 Å². The van der Waals surface area contributed by atoms with Crippen LogP contribution in [0.2, 0.25) is 0 Å². The Morgan fingerprint density at radius 3 is 2.89 bits per heavy atom. The molecule has 1 atom stereocenters. The van der Waals surface area contributed by atoms with Crippen molar-refractivity contribution in [2.45, 2.75) is 25.4 Å². The van der Waals surface area contributed by atoms with Gasteiger partial charge in [0, 0.05) is 30.8 Å². The first kappa shape index (κ1) is 15.8. The van der Waals surface area contributed by atoms with Gasteiger partial charge in [0.1, 0.15) is 5.82 Å². The van der Waals surface area contributed by atoms with Crippen LogP contribution in [-0.2, 0) is 6.54 Å². The molecule has 2 N–H and O–H groups in total. The van der Waals surface area contributed by atoms with Crippen LogP contribution in [0, 0.1) is 15.9 Å². The van der Waals surface area contributed by atoms with E-state index in [9.17, 15) is 14.5 Å². The molecule has 106 valence electrons. The highest BCUT2D eigenvalue weighted by Gasteiger charge is 2.25. The van der Waals surface area contributed by atoms with Crippen LogP contribution in [0.4, 0.5) is 10.1 Å². The molecule has 1 aromatic rings. The van der Waals surface area contributed by atoms with Crippen molar-refractivity contribution in [2.24, 2.45) is 5.73 Å². The molecule has 1 saturated heterocycles. The van der Waals surface area contributed by atoms with Gasteiger partial charge in [0.15, 0.2) is 0 Å². The van der Waals surface area contributed by atoms with Crippen molar-refractivity contribution in [1.29, 1.82) is 0 Å². The van der Waals surface area contributed by atoms with E-state index < -0.39 is 10.7 Å². The molecule has 0 amide bonds. The van der Waals surface area contributed by atoms with Gasteiger partial charge in [-0.1, -0.05) is 0 Å². The molecule has 0 aliphatic carbocycles. The zero-order chi connectivity index (χ0) is 13.1. The first-order chi connectivity index (χ1) is 8.61. The van der Waals surface area contributed by atoms with Crippen LogP contribution in [-0.4, -0.2) is 29.0 Å². The summed E-state index contributed by atoms with van der Waals surface area (Å²) in [4.78, 5) is 12.5. The predicted molar refractivity (Wildman–Crippen MR) is 72.8 cm³/mol. The largest absolute Gasteiger partial charge is 0.329 e. The first-order valence-electron chi connectivity index (χ1n) is 5.98. The van der Waals surface area contributed by atoms with Crippen molar-refractivity contribution >= 4 is 18.1 Å². The topological polar surface area (TPSA) is 72.4 Å². The maximum Gasteiger partial charge on any atom is 0.274 e. The normalized spacial score (nSPS) is 19.2. The summed E-state index contributed by atoms with van der Waals surface area (Å²) in [5.74, 6) is -0.445. The molecule has 1 aliphatic heterocycles. The van der Waals surface area contributed by atoms with E-state index >= 15 is 0 Å². The third kappa shape index (κ3) is 3.62. The fourth-order valence-corrected chi connectivity index (χ4v) is 2.45. The summed E-state index contributed by atoms with van der Waals surface area (Å²) in [6.45, 7) is 1.77. The van der Waals surface area contributed by atoms with Gasteiger partial charge in [0.25, 0.3) is 5.69 Å². The summed E-state index contributed by atoms with van der Waals surface area (Å²) in [5, 5.41) is 10.9. The van der Waals surface area contributed by atoms with Gasteiger partial charge < -0.3 is 5.73 Å². The van der Waals surface area contributed by atoms with Crippen molar-refractivity contribution in [3.05, 3.63) is 39.7 Å². The lowest BCUT2D eigenvalue weighted by atomic mass is 10.1. The number of nitrogens with two attached hydrogens (primary N) is 1. The lowest BCUT2D eigenvalue weighted by Gasteiger charge is -2.22. The Morgan fingerprint density at radius 1 is 1.53 bits per heavy atom. The molecule has 19 heavy (non-hydrogen) atoms. The maximum absolute atomic E-state index is 13.2. The number of hydrogen-bond acceptors (Lipinski definition) is 4. The van der Waals surface area contributed by atoms with Gasteiger partial charge in [0.2, 0.25) is 0 Å². The minimum atomic E-state index is -0.470. The second-order valence-corrected chi connectivity index (χ2v) is 4.53. The van der Waals surface area contributed by atoms with Crippen LogP contribution < -0.4 is 5.73 Å². The van der Waals surface area contributed by atoms with Gasteiger partial charge >= 0.3 is 0 Å². The van der Waals surface area contributed by atoms with Crippen LogP contribution in [0.15, 0.2) is 18.2 Å². The molecule has 0 radical (unpaired) electrons. The number of nitro groups is 1. The average Bonchev–Trinajstić information content (AvgIpc) is 2.76. The SMILES string of the molecule is Cl.NCC1CCCN1Cc1cc(F)ccc1[N+](=O)[O-]. The molecule has 1 aromatic carbocycles. The Hall–Kier alpha value is -1.24. The second kappa shape index (κ2) is 6.79. The molecule has 1 aliphatic rings. The quantitative estimate of drug-likeness (QED) is 0.680. The Labute approximate surface area is 117 Å². The predicted octanol–water partition coefficient (Wildman–Crippen LogP) is 2.08. The van der Waals surface area contributed by atoms with Crippen LogP contribution in [0.1, 0.15) is 18.4 Å². The van der Waals surface area contributed by atoms with Gasteiger partial charge in [0.05, 0.1) is 4.92 Å². The van der Waals surface area contributed by atoms with Crippen molar-refractivity contribution < 1.29 is 9.31 Å². The summed E-state index contributed by atoms with van der Waals surface area (Å²) >= 11 is 0. The highest BCUT2D eigenvalue weighted by Crippen LogP contribution is 2.25. The molecular weight excluding hydrogens is 273 g/mol. The third-order valence-corrected chi connectivity index (χ3v) is 3.38. The molecule has 2 rings (SSSR count). The number of nitrogens with zero attached hydrogens (tertiary/aromatic N) is 2. The van der Waals surface area contributed by atoms with Gasteiger partial charge in [-0.3, -0.25) is 15.0 Å². The molecular formula is C12H17ClFN3O2. The number of likely N-dealkylation sites (tertiary alicyclic amines) is 1. The molecule has 1 unspecified atom stereocenters. The molecule has 0 bridgehead atoms. The molecule has 0 saturated carbocycles. The van der Waals surface area contributed by atoms with Crippen molar-refractivity contribution in [2.75, 3.05) is 13.1 Å². The summed E-state index contributed by atoms with van der Waals surface area (Å²) in [6, 6.07) is 3.82. The Bertz CT molecular complexity index is 459. The molecule has 1 heterocycles. The standard InChI is InChI=1S/C12H16FN3O2.ClH/c13-10-3-4-12(16(17)18)9(6-10)8-15-5-1-2-11(15)7-14;/h3-4,6,11H,1-2,5,7-8,14H2;1H. The van der Waals surface area contributed by atoms with E-state index in [1.54, 1.807) is 0 Å². The van der Waals surface area contributed by atoms with Gasteiger partial charge in [-0.25, -0.2) is 4.39 Å². The van der Waals surface area contributed by atoms with Gasteiger partial charge in [-0.15, -0.1) is 12.4 Å². The van der Waals surface area contributed by atoms with Crippen LogP contribution in [0.5, 0.6) is 0 Å². The lowest BCUT2D eigenvalue weighted by molar-refractivity contribution is -0.385. The summed E-state index contributed by atoms with van der Waals surface area (Å²) in [7, 11) is 0. The summed E-state index contributed by atoms with van der Waals surface area (Å²) in [6.07, 6.45) is 2.03. The Kier molecular flexibility index (Phi) is 5.65. The first-order valence-corrected chi connectivity index (χ1v) is 5.98. The number of hydrogen-bond donors (Lipinski definition) is 1. The lowest BCUT2D eigenvalue weighted by Crippen LogP contribution is -2.35. The zero-order valence-electron chi connectivity index (χ0n) is 10.4. The zero-order valence-corrected chi connectivity index (χ0v) is 11.2. The highest BCUT2D eigenvalue weighted by atomic mass is 35.5. The van der Waals surface area contributed by atoms with E-state index in [4.69, 9.17) is 5.73 Å².